The Hall–Kier alpha value is -2.45. The van der Waals surface area contributed by atoms with Crippen LogP contribution in [0.5, 0.6) is 0 Å². The number of carbonyl (C=O) groups excluding carboxylic acids is 2. The zero-order chi connectivity index (χ0) is 20.6. The minimum Gasteiger partial charge on any atom is -0.341 e. The van der Waals surface area contributed by atoms with Crippen LogP contribution in [0.3, 0.4) is 0 Å². The van der Waals surface area contributed by atoms with Crippen molar-refractivity contribution in [1.82, 2.24) is 19.8 Å². The number of hydrogen-bond acceptors (Lipinski definition) is 6. The monoisotopic (exact) mass is 413 g/mol. The van der Waals surface area contributed by atoms with Crippen LogP contribution in [0.2, 0.25) is 0 Å². The number of carbonyl (C=O) groups is 2. The van der Waals surface area contributed by atoms with Crippen molar-refractivity contribution in [3.05, 3.63) is 47.8 Å². The van der Waals surface area contributed by atoms with Crippen molar-refractivity contribution in [2.45, 2.75) is 25.4 Å². The topological polar surface area (TPSA) is 78.4 Å². The third-order valence-corrected chi connectivity index (χ3v) is 5.78. The number of nitrogens with one attached hydrogen (secondary N) is 1. The quantitative estimate of drug-likeness (QED) is 0.579. The van der Waals surface area contributed by atoms with E-state index < -0.39 is 0 Å². The fraction of sp³-hybridized carbons (Fsp3) is 0.429. The predicted octanol–water partition coefficient (Wildman–Crippen LogP) is 2.36. The predicted molar refractivity (Wildman–Crippen MR) is 115 cm³/mol. The number of aryl methyl sites for hydroxylation is 2. The summed E-state index contributed by atoms with van der Waals surface area (Å²) in [7, 11) is 0. The highest BCUT2D eigenvalue weighted by Crippen LogP contribution is 2.19. The minimum absolute atomic E-state index is 0.0149. The number of para-hydroxylation sites is 1. The van der Waals surface area contributed by atoms with Gasteiger partial charge in [-0.3, -0.25) is 14.5 Å². The summed E-state index contributed by atoms with van der Waals surface area (Å²) in [5, 5.41) is 3.65. The van der Waals surface area contributed by atoms with Gasteiger partial charge in [0.2, 0.25) is 11.8 Å². The molecular weight excluding hydrogens is 386 g/mol. The van der Waals surface area contributed by atoms with Gasteiger partial charge in [-0.05, 0) is 37.5 Å². The summed E-state index contributed by atoms with van der Waals surface area (Å²) in [5.74, 6) is 0.403. The Morgan fingerprint density at radius 2 is 1.76 bits per heavy atom. The number of amides is 2. The molecule has 1 N–H and O–H groups in total. The zero-order valence-electron chi connectivity index (χ0n) is 16.9. The van der Waals surface area contributed by atoms with Gasteiger partial charge in [0, 0.05) is 44.3 Å². The molecule has 154 valence electrons. The van der Waals surface area contributed by atoms with Crippen LogP contribution < -0.4 is 5.32 Å². The normalized spacial score (nSPS) is 15.0. The van der Waals surface area contributed by atoms with Gasteiger partial charge in [0.1, 0.15) is 0 Å². The van der Waals surface area contributed by atoms with Gasteiger partial charge >= 0.3 is 0 Å². The summed E-state index contributed by atoms with van der Waals surface area (Å²) in [6, 6.07) is 7.74. The van der Waals surface area contributed by atoms with Crippen LogP contribution >= 0.6 is 11.8 Å². The lowest BCUT2D eigenvalue weighted by Crippen LogP contribution is -2.38. The second kappa shape index (κ2) is 10.4. The first-order valence-electron chi connectivity index (χ1n) is 9.79. The molecule has 1 aromatic heterocycles. The molecule has 1 fully saturated rings. The maximum atomic E-state index is 12.5. The summed E-state index contributed by atoms with van der Waals surface area (Å²) < 4.78 is 0. The van der Waals surface area contributed by atoms with Crippen molar-refractivity contribution >= 4 is 29.3 Å². The molecular formula is C21H27N5O2S. The van der Waals surface area contributed by atoms with Crippen LogP contribution in [-0.4, -0.2) is 70.1 Å². The Morgan fingerprint density at radius 3 is 2.48 bits per heavy atom. The van der Waals surface area contributed by atoms with E-state index in [1.807, 2.05) is 36.9 Å². The maximum absolute atomic E-state index is 12.5. The third kappa shape index (κ3) is 6.27. The van der Waals surface area contributed by atoms with Crippen molar-refractivity contribution in [3.63, 3.8) is 0 Å². The molecule has 0 aliphatic carbocycles. The van der Waals surface area contributed by atoms with Crippen LogP contribution in [0.15, 0.2) is 41.8 Å². The van der Waals surface area contributed by atoms with E-state index in [0.29, 0.717) is 37.1 Å². The van der Waals surface area contributed by atoms with Crippen molar-refractivity contribution < 1.29 is 9.59 Å². The average molecular weight is 414 g/mol. The largest absolute Gasteiger partial charge is 0.341 e. The Labute approximate surface area is 175 Å². The van der Waals surface area contributed by atoms with E-state index in [1.165, 1.54) is 11.8 Å². The zero-order valence-corrected chi connectivity index (χ0v) is 17.7. The van der Waals surface area contributed by atoms with E-state index in [1.54, 1.807) is 18.5 Å². The van der Waals surface area contributed by atoms with Gasteiger partial charge in [-0.25, -0.2) is 9.97 Å². The first-order valence-corrected chi connectivity index (χ1v) is 10.8. The Morgan fingerprint density at radius 1 is 1.03 bits per heavy atom. The first-order chi connectivity index (χ1) is 14.0. The molecule has 0 bridgehead atoms. The molecule has 0 unspecified atom stereocenters. The number of anilines is 1. The molecule has 2 amide bonds. The van der Waals surface area contributed by atoms with Crippen molar-refractivity contribution in [3.8, 4) is 0 Å². The maximum Gasteiger partial charge on any atom is 0.238 e. The van der Waals surface area contributed by atoms with Gasteiger partial charge in [0.15, 0.2) is 5.16 Å². The molecule has 1 aliphatic heterocycles. The number of nitrogens with zero attached hydrogens (tertiary/aromatic N) is 4. The molecule has 8 heteroatoms. The molecule has 1 aromatic carbocycles. The molecule has 2 aromatic rings. The molecule has 1 aliphatic rings. The highest BCUT2D eigenvalue weighted by molar-refractivity contribution is 7.99. The van der Waals surface area contributed by atoms with E-state index in [-0.39, 0.29) is 11.8 Å². The van der Waals surface area contributed by atoms with Gasteiger partial charge in [0.25, 0.3) is 0 Å². The van der Waals surface area contributed by atoms with E-state index in [0.717, 1.165) is 29.8 Å². The molecule has 0 radical (unpaired) electrons. The summed E-state index contributed by atoms with van der Waals surface area (Å²) in [4.78, 5) is 37.3. The number of aromatic nitrogens is 2. The van der Waals surface area contributed by atoms with Crippen LogP contribution in [0.4, 0.5) is 5.69 Å². The molecule has 0 atom stereocenters. The summed E-state index contributed by atoms with van der Waals surface area (Å²) in [6.45, 7) is 7.17. The summed E-state index contributed by atoms with van der Waals surface area (Å²) in [6.07, 6.45) is 4.20. The van der Waals surface area contributed by atoms with Gasteiger partial charge in [-0.1, -0.05) is 30.0 Å². The van der Waals surface area contributed by atoms with E-state index in [4.69, 9.17) is 0 Å². The first kappa shape index (κ1) is 21.3. The van der Waals surface area contributed by atoms with Crippen LogP contribution in [0.1, 0.15) is 17.5 Å². The fourth-order valence-corrected chi connectivity index (χ4v) is 4.06. The lowest BCUT2D eigenvalue weighted by Gasteiger charge is -2.22. The van der Waals surface area contributed by atoms with E-state index >= 15 is 0 Å². The summed E-state index contributed by atoms with van der Waals surface area (Å²) in [5.41, 5.74) is 3.01. The second-order valence-corrected chi connectivity index (χ2v) is 8.09. The van der Waals surface area contributed by atoms with Crippen molar-refractivity contribution in [2.75, 3.05) is 43.8 Å². The average Bonchev–Trinajstić information content (AvgIpc) is 2.95. The molecule has 0 saturated carbocycles. The van der Waals surface area contributed by atoms with Crippen LogP contribution in [0.25, 0.3) is 0 Å². The third-order valence-electron chi connectivity index (χ3n) is 4.92. The molecule has 29 heavy (non-hydrogen) atoms. The highest BCUT2D eigenvalue weighted by atomic mass is 32.2. The lowest BCUT2D eigenvalue weighted by atomic mass is 10.1. The Bertz CT molecular complexity index is 826. The smallest absolute Gasteiger partial charge is 0.238 e. The Balaban J connectivity index is 1.46. The van der Waals surface area contributed by atoms with Gasteiger partial charge in [0.05, 0.1) is 12.3 Å². The van der Waals surface area contributed by atoms with E-state index in [2.05, 4.69) is 20.2 Å². The molecule has 2 heterocycles. The van der Waals surface area contributed by atoms with Crippen molar-refractivity contribution in [2.24, 2.45) is 0 Å². The SMILES string of the molecule is Cc1cccc(C)c1NC(=O)CN1CCCN(C(=O)CSc2ncccn2)CC1. The van der Waals surface area contributed by atoms with Crippen molar-refractivity contribution in [1.29, 1.82) is 0 Å². The van der Waals surface area contributed by atoms with Gasteiger partial charge in [-0.2, -0.15) is 0 Å². The van der Waals surface area contributed by atoms with Crippen LogP contribution in [-0.2, 0) is 9.59 Å². The molecule has 3 rings (SSSR count). The van der Waals surface area contributed by atoms with E-state index in [9.17, 15) is 9.59 Å². The lowest BCUT2D eigenvalue weighted by molar-refractivity contribution is -0.128. The highest BCUT2D eigenvalue weighted by Gasteiger charge is 2.21. The van der Waals surface area contributed by atoms with Gasteiger partial charge < -0.3 is 10.2 Å². The number of hydrogen-bond donors (Lipinski definition) is 1. The standard InChI is InChI=1S/C21H27N5O2S/c1-16-6-3-7-17(2)20(16)24-18(27)14-25-10-5-11-26(13-12-25)19(28)15-29-21-22-8-4-9-23-21/h3-4,6-9H,5,10-15H2,1-2H3,(H,24,27). The molecule has 7 nitrogen and oxygen atoms in total. The fourth-order valence-electron chi connectivity index (χ4n) is 3.35. The second-order valence-electron chi connectivity index (χ2n) is 7.15. The molecule has 0 spiro atoms. The number of rotatable bonds is 6. The summed E-state index contributed by atoms with van der Waals surface area (Å²) >= 11 is 1.35. The minimum atomic E-state index is -0.0149. The van der Waals surface area contributed by atoms with Crippen LogP contribution in [0, 0.1) is 13.8 Å². The Kier molecular flexibility index (Phi) is 7.60. The van der Waals surface area contributed by atoms with Gasteiger partial charge in [-0.15, -0.1) is 0 Å². The number of benzene rings is 1. The number of thioether (sulfide) groups is 1. The molecule has 1 saturated heterocycles.